The number of aryl methyl sites for hydroxylation is 1. The molecule has 4 rings (SSSR count). The Morgan fingerprint density at radius 2 is 1.92 bits per heavy atom. The molecule has 4 aromatic rings. The van der Waals surface area contributed by atoms with Crippen LogP contribution in [-0.4, -0.2) is 14.4 Å². The summed E-state index contributed by atoms with van der Waals surface area (Å²) in [7, 11) is 0. The van der Waals surface area contributed by atoms with Crippen molar-refractivity contribution in [2.45, 2.75) is 6.92 Å². The summed E-state index contributed by atoms with van der Waals surface area (Å²) in [6.07, 6.45) is 5.16. The second-order valence-corrected chi connectivity index (χ2v) is 5.74. The Bertz CT molecular complexity index is 1140. The van der Waals surface area contributed by atoms with Crippen LogP contribution in [0.2, 0.25) is 0 Å². The van der Waals surface area contributed by atoms with E-state index in [4.69, 9.17) is 6.57 Å². The first-order valence-corrected chi connectivity index (χ1v) is 7.74. The fraction of sp³-hybridized carbons (Fsp3) is 0.0500. The molecule has 0 amide bonds. The topological polar surface area (TPSA) is 34.5 Å². The van der Waals surface area contributed by atoms with Gasteiger partial charge < -0.3 is 4.85 Å². The minimum Gasteiger partial charge on any atom is -0.362 e. The van der Waals surface area contributed by atoms with Gasteiger partial charge in [0.2, 0.25) is 5.65 Å². The number of nitrogens with zero attached hydrogens (tertiary/aromatic N) is 4. The van der Waals surface area contributed by atoms with Crippen molar-refractivity contribution in [3.05, 3.63) is 83.9 Å². The highest BCUT2D eigenvalue weighted by atomic mass is 19.1. The van der Waals surface area contributed by atoms with E-state index in [0.717, 1.165) is 28.0 Å². The van der Waals surface area contributed by atoms with E-state index < -0.39 is 0 Å². The van der Waals surface area contributed by atoms with E-state index in [0.29, 0.717) is 11.4 Å². The highest BCUT2D eigenvalue weighted by molar-refractivity contribution is 5.81. The third kappa shape index (κ3) is 2.54. The molecular weight excluding hydrogens is 315 g/mol. The van der Waals surface area contributed by atoms with Gasteiger partial charge in [0.15, 0.2) is 0 Å². The number of hydrogen-bond acceptors (Lipinski definition) is 2. The maximum atomic E-state index is 13.6. The van der Waals surface area contributed by atoms with Crippen LogP contribution in [0.15, 0.2) is 61.1 Å². The molecule has 0 fully saturated rings. The normalized spacial score (nSPS) is 10.8. The Hall–Kier alpha value is -3.52. The number of benzene rings is 1. The predicted octanol–water partition coefficient (Wildman–Crippen LogP) is 5.06. The number of rotatable bonds is 2. The second-order valence-electron chi connectivity index (χ2n) is 5.74. The average molecular weight is 328 g/mol. The van der Waals surface area contributed by atoms with E-state index in [1.165, 1.54) is 6.07 Å². The van der Waals surface area contributed by atoms with Gasteiger partial charge in [-0.25, -0.2) is 13.8 Å². The van der Waals surface area contributed by atoms with Crippen molar-refractivity contribution >= 4 is 11.5 Å². The Labute approximate surface area is 144 Å². The Kier molecular flexibility index (Phi) is 3.51. The lowest BCUT2D eigenvalue weighted by atomic mass is 9.99. The van der Waals surface area contributed by atoms with Crippen LogP contribution < -0.4 is 0 Å². The number of imidazole rings is 1. The van der Waals surface area contributed by atoms with E-state index in [1.54, 1.807) is 35.9 Å². The van der Waals surface area contributed by atoms with Crippen LogP contribution in [0.3, 0.4) is 0 Å². The number of aromatic nitrogens is 3. The Morgan fingerprint density at radius 1 is 1.08 bits per heavy atom. The van der Waals surface area contributed by atoms with Gasteiger partial charge in [0, 0.05) is 29.0 Å². The van der Waals surface area contributed by atoms with Crippen LogP contribution in [0.4, 0.5) is 10.2 Å². The molecule has 0 spiro atoms. The van der Waals surface area contributed by atoms with Crippen LogP contribution in [0.1, 0.15) is 5.56 Å². The molecule has 3 heterocycles. The van der Waals surface area contributed by atoms with Crippen LogP contribution in [0, 0.1) is 19.3 Å². The fourth-order valence-electron chi connectivity index (χ4n) is 2.87. The van der Waals surface area contributed by atoms with Gasteiger partial charge in [-0.1, -0.05) is 12.6 Å². The molecule has 120 valence electrons. The summed E-state index contributed by atoms with van der Waals surface area (Å²) in [6, 6.07) is 12.6. The number of hydrogen-bond donors (Lipinski definition) is 0. The van der Waals surface area contributed by atoms with Gasteiger partial charge in [0.05, 0.1) is 18.1 Å². The molecule has 0 aliphatic heterocycles. The lowest BCUT2D eigenvalue weighted by Crippen LogP contribution is -1.92. The van der Waals surface area contributed by atoms with Gasteiger partial charge >= 0.3 is 0 Å². The Morgan fingerprint density at radius 3 is 2.72 bits per heavy atom. The molecule has 5 heteroatoms. The molecule has 25 heavy (non-hydrogen) atoms. The van der Waals surface area contributed by atoms with Gasteiger partial charge in [0.1, 0.15) is 5.82 Å². The molecule has 4 nitrogen and oxygen atoms in total. The molecule has 0 atom stereocenters. The predicted molar refractivity (Wildman–Crippen MR) is 94.8 cm³/mol. The molecule has 0 saturated heterocycles. The summed E-state index contributed by atoms with van der Waals surface area (Å²) in [5.74, 6) is 0.225. The average Bonchev–Trinajstić information content (AvgIpc) is 3.06. The van der Waals surface area contributed by atoms with Gasteiger partial charge in [-0.05, 0) is 42.8 Å². The molecule has 1 aromatic carbocycles. The zero-order valence-electron chi connectivity index (χ0n) is 13.4. The standard InChI is InChI=1S/C20H13FN4/c1-13-10-14(5-7-17(13)21)20-16(4-3-9-23-20)15-6-8-18-24-11-19(22-2)25(18)12-15/h3-12H,1H3. The SMILES string of the molecule is [C-]#[N+]c1cnc2ccc(-c3cccnc3-c3ccc(F)c(C)c3)cn12. The maximum Gasteiger partial charge on any atom is 0.254 e. The second kappa shape index (κ2) is 5.84. The van der Waals surface area contributed by atoms with Crippen molar-refractivity contribution in [2.24, 2.45) is 0 Å². The third-order valence-corrected chi connectivity index (χ3v) is 4.15. The summed E-state index contributed by atoms with van der Waals surface area (Å²) < 4.78 is 15.4. The quantitative estimate of drug-likeness (QED) is 0.482. The van der Waals surface area contributed by atoms with Crippen molar-refractivity contribution in [1.82, 2.24) is 14.4 Å². The summed E-state index contributed by atoms with van der Waals surface area (Å²) in [6.45, 7) is 8.99. The van der Waals surface area contributed by atoms with Crippen molar-refractivity contribution in [2.75, 3.05) is 0 Å². The van der Waals surface area contributed by atoms with Gasteiger partial charge in [-0.2, -0.15) is 0 Å². The first-order chi connectivity index (χ1) is 12.2. The van der Waals surface area contributed by atoms with Crippen LogP contribution >= 0.6 is 0 Å². The molecule has 0 unspecified atom stereocenters. The van der Waals surface area contributed by atoms with Crippen molar-refractivity contribution < 1.29 is 4.39 Å². The van der Waals surface area contributed by atoms with E-state index in [2.05, 4.69) is 14.8 Å². The molecule has 0 aliphatic rings. The summed E-state index contributed by atoms with van der Waals surface area (Å²) in [5.41, 5.74) is 4.76. The van der Waals surface area contributed by atoms with E-state index in [-0.39, 0.29) is 5.82 Å². The molecule has 3 aromatic heterocycles. The minimum absolute atomic E-state index is 0.234. The van der Waals surface area contributed by atoms with Crippen LogP contribution in [-0.2, 0) is 0 Å². The highest BCUT2D eigenvalue weighted by Gasteiger charge is 2.13. The maximum absolute atomic E-state index is 13.6. The molecule has 0 aliphatic carbocycles. The van der Waals surface area contributed by atoms with Gasteiger partial charge in [-0.15, -0.1) is 0 Å². The monoisotopic (exact) mass is 328 g/mol. The Balaban J connectivity index is 1.92. The van der Waals surface area contributed by atoms with E-state index in [1.807, 2.05) is 30.5 Å². The number of fused-ring (bicyclic) bond motifs is 1. The largest absolute Gasteiger partial charge is 0.362 e. The van der Waals surface area contributed by atoms with Crippen molar-refractivity contribution in [3.63, 3.8) is 0 Å². The summed E-state index contributed by atoms with van der Waals surface area (Å²) in [4.78, 5) is 12.2. The number of pyridine rings is 2. The first-order valence-electron chi connectivity index (χ1n) is 7.74. The molecular formula is C20H13FN4. The zero-order chi connectivity index (χ0) is 17.4. The van der Waals surface area contributed by atoms with Gasteiger partial charge in [-0.3, -0.25) is 4.98 Å². The highest BCUT2D eigenvalue weighted by Crippen LogP contribution is 2.32. The minimum atomic E-state index is -0.234. The van der Waals surface area contributed by atoms with Crippen LogP contribution in [0.5, 0.6) is 0 Å². The van der Waals surface area contributed by atoms with Gasteiger partial charge in [0.25, 0.3) is 5.82 Å². The van der Waals surface area contributed by atoms with Crippen LogP contribution in [0.25, 0.3) is 32.9 Å². The van der Waals surface area contributed by atoms with Crippen molar-refractivity contribution in [3.8, 4) is 22.4 Å². The third-order valence-electron chi connectivity index (χ3n) is 4.15. The number of halogens is 1. The summed E-state index contributed by atoms with van der Waals surface area (Å²) in [5, 5.41) is 0. The molecule has 0 N–H and O–H groups in total. The molecule has 0 saturated carbocycles. The molecule has 0 bridgehead atoms. The lowest BCUT2D eigenvalue weighted by molar-refractivity contribution is 0.619. The summed E-state index contributed by atoms with van der Waals surface area (Å²) >= 11 is 0. The fourth-order valence-corrected chi connectivity index (χ4v) is 2.87. The first kappa shape index (κ1) is 15.0. The molecule has 0 radical (unpaired) electrons. The lowest BCUT2D eigenvalue weighted by Gasteiger charge is -2.10. The zero-order valence-corrected chi connectivity index (χ0v) is 13.4. The van der Waals surface area contributed by atoms with Crippen molar-refractivity contribution in [1.29, 1.82) is 0 Å². The smallest absolute Gasteiger partial charge is 0.254 e. The van der Waals surface area contributed by atoms with E-state index in [9.17, 15) is 4.39 Å². The van der Waals surface area contributed by atoms with E-state index >= 15 is 0 Å².